The Morgan fingerprint density at radius 3 is 3.17 bits per heavy atom. The van der Waals surface area contributed by atoms with Crippen molar-refractivity contribution in [2.75, 3.05) is 6.61 Å². The van der Waals surface area contributed by atoms with Crippen molar-refractivity contribution in [1.82, 2.24) is 4.98 Å². The number of hydrogen-bond donors (Lipinski definition) is 0. The van der Waals surface area contributed by atoms with Gasteiger partial charge >= 0.3 is 0 Å². The number of rotatable bonds is 3. The maximum Gasteiger partial charge on any atom is 0.123 e. The minimum atomic E-state index is 0.614. The maximum absolute atomic E-state index is 5.36. The van der Waals surface area contributed by atoms with Crippen LogP contribution >= 0.6 is 0 Å². The van der Waals surface area contributed by atoms with Crippen LogP contribution in [0.4, 0.5) is 0 Å². The van der Waals surface area contributed by atoms with Crippen molar-refractivity contribution in [2.24, 2.45) is 0 Å². The predicted octanol–water partition coefficient (Wildman–Crippen LogP) is 1.85. The molecule has 2 nitrogen and oxygen atoms in total. The summed E-state index contributed by atoms with van der Waals surface area (Å²) in [5, 5.41) is 0. The van der Waals surface area contributed by atoms with Crippen LogP contribution in [0, 0.1) is 12.3 Å². The van der Waals surface area contributed by atoms with E-state index in [0.717, 1.165) is 12.2 Å². The summed E-state index contributed by atoms with van der Waals surface area (Å²) in [6.07, 6.45) is 7.83. The Bertz CT molecular complexity index is 288. The molecule has 0 aliphatic rings. The predicted molar refractivity (Wildman–Crippen MR) is 48.0 cm³/mol. The first kappa shape index (κ1) is 8.61. The second-order valence-electron chi connectivity index (χ2n) is 2.37. The molecule has 0 fully saturated rings. The third-order valence-electron chi connectivity index (χ3n) is 1.35. The Balaban J connectivity index is 2.68. The summed E-state index contributed by atoms with van der Waals surface area (Å²) in [5.74, 6) is 3.24. The van der Waals surface area contributed by atoms with Crippen molar-refractivity contribution in [1.29, 1.82) is 0 Å². The van der Waals surface area contributed by atoms with Crippen LogP contribution in [-0.4, -0.2) is 11.6 Å². The van der Waals surface area contributed by atoms with Gasteiger partial charge in [-0.3, -0.25) is 0 Å². The average molecular weight is 161 g/mol. The summed E-state index contributed by atoms with van der Waals surface area (Å²) in [6, 6.07) is 3.56. The summed E-state index contributed by atoms with van der Waals surface area (Å²) in [6.45, 7) is 2.78. The third kappa shape index (κ3) is 2.28. The quantitative estimate of drug-likeness (QED) is 0.631. The normalized spacial score (nSPS) is 9.00. The van der Waals surface area contributed by atoms with Gasteiger partial charge in [0.05, 0.1) is 6.61 Å². The van der Waals surface area contributed by atoms with Gasteiger partial charge in [-0.25, -0.2) is 4.98 Å². The highest BCUT2D eigenvalue weighted by atomic mass is 16.5. The van der Waals surface area contributed by atoms with Gasteiger partial charge in [0.25, 0.3) is 0 Å². The molecule has 0 saturated carbocycles. The molecule has 0 spiro atoms. The zero-order valence-corrected chi connectivity index (χ0v) is 7.08. The van der Waals surface area contributed by atoms with E-state index < -0.39 is 0 Å². The van der Waals surface area contributed by atoms with E-state index in [1.165, 1.54) is 0 Å². The number of pyridine rings is 1. The molecule has 0 aliphatic heterocycles. The smallest absolute Gasteiger partial charge is 0.123 e. The Hall–Kier alpha value is -1.49. The molecule has 0 amide bonds. The van der Waals surface area contributed by atoms with Crippen LogP contribution in [0.2, 0.25) is 0 Å². The number of hydrogen-bond acceptors (Lipinski definition) is 2. The van der Waals surface area contributed by atoms with Crippen LogP contribution in [0.5, 0.6) is 5.75 Å². The second-order valence-corrected chi connectivity index (χ2v) is 2.37. The number of nitrogens with zero attached hydrogens (tertiary/aromatic N) is 1. The minimum Gasteiger partial charge on any atom is -0.493 e. The first-order valence-electron chi connectivity index (χ1n) is 3.92. The highest BCUT2D eigenvalue weighted by Gasteiger charge is 1.93. The molecule has 12 heavy (non-hydrogen) atoms. The molecule has 1 aromatic rings. The number of aromatic nitrogens is 1. The second kappa shape index (κ2) is 4.40. The van der Waals surface area contributed by atoms with Gasteiger partial charge in [0, 0.05) is 12.3 Å². The molecule has 1 aromatic heterocycles. The molecule has 1 rings (SSSR count). The molecule has 0 bridgehead atoms. The van der Waals surface area contributed by atoms with Crippen LogP contribution in [0.3, 0.4) is 0 Å². The van der Waals surface area contributed by atoms with Gasteiger partial charge in [-0.15, -0.1) is 6.42 Å². The van der Waals surface area contributed by atoms with Crippen molar-refractivity contribution in [3.05, 3.63) is 24.0 Å². The van der Waals surface area contributed by atoms with Crippen LogP contribution in [0.25, 0.3) is 0 Å². The van der Waals surface area contributed by atoms with Gasteiger partial charge < -0.3 is 4.74 Å². The summed E-state index contributed by atoms with van der Waals surface area (Å²) in [4.78, 5) is 3.95. The molecule has 0 atom stereocenters. The first-order chi connectivity index (χ1) is 5.86. The van der Waals surface area contributed by atoms with Crippen LogP contribution in [0.1, 0.15) is 19.0 Å². The highest BCUT2D eigenvalue weighted by Crippen LogP contribution is 2.09. The minimum absolute atomic E-state index is 0.614. The van der Waals surface area contributed by atoms with Gasteiger partial charge in [-0.2, -0.15) is 0 Å². The lowest BCUT2D eigenvalue weighted by atomic mass is 10.3. The topological polar surface area (TPSA) is 22.1 Å². The van der Waals surface area contributed by atoms with Gasteiger partial charge in [-0.1, -0.05) is 12.8 Å². The third-order valence-corrected chi connectivity index (χ3v) is 1.35. The Morgan fingerprint density at radius 2 is 2.50 bits per heavy atom. The van der Waals surface area contributed by atoms with E-state index in [9.17, 15) is 0 Å². The van der Waals surface area contributed by atoms with Crippen molar-refractivity contribution in [3.63, 3.8) is 0 Å². The molecule has 62 valence electrons. The molecule has 0 aromatic carbocycles. The highest BCUT2D eigenvalue weighted by molar-refractivity contribution is 5.31. The summed E-state index contributed by atoms with van der Waals surface area (Å²) < 4.78 is 5.36. The van der Waals surface area contributed by atoms with Crippen LogP contribution in [0.15, 0.2) is 18.3 Å². The largest absolute Gasteiger partial charge is 0.493 e. The molecule has 2 heteroatoms. The summed E-state index contributed by atoms with van der Waals surface area (Å²) >= 11 is 0. The summed E-state index contributed by atoms with van der Waals surface area (Å²) in [7, 11) is 0. The lowest BCUT2D eigenvalue weighted by Crippen LogP contribution is -1.95. The van der Waals surface area contributed by atoms with Gasteiger partial charge in [0.1, 0.15) is 11.4 Å². The molecule has 0 radical (unpaired) electrons. The van der Waals surface area contributed by atoms with Gasteiger partial charge in [0.2, 0.25) is 0 Å². The number of ether oxygens (including phenoxy) is 1. The van der Waals surface area contributed by atoms with Crippen LogP contribution in [-0.2, 0) is 0 Å². The van der Waals surface area contributed by atoms with Crippen molar-refractivity contribution >= 4 is 0 Å². The van der Waals surface area contributed by atoms with Crippen molar-refractivity contribution < 1.29 is 4.74 Å². The van der Waals surface area contributed by atoms with Gasteiger partial charge in [0.15, 0.2) is 0 Å². The fraction of sp³-hybridized carbons (Fsp3) is 0.300. The fourth-order valence-electron chi connectivity index (χ4n) is 0.800. The molecular formula is C10H11NO. The van der Waals surface area contributed by atoms with E-state index >= 15 is 0 Å². The van der Waals surface area contributed by atoms with E-state index in [0.29, 0.717) is 12.3 Å². The summed E-state index contributed by atoms with van der Waals surface area (Å²) in [5.41, 5.74) is 0.614. The Labute approximate surface area is 72.6 Å². The molecule has 0 unspecified atom stereocenters. The van der Waals surface area contributed by atoms with E-state index in [2.05, 4.69) is 17.8 Å². The molecule has 1 heterocycles. The maximum atomic E-state index is 5.36. The van der Waals surface area contributed by atoms with Gasteiger partial charge in [-0.05, 0) is 12.5 Å². The Morgan fingerprint density at radius 1 is 1.67 bits per heavy atom. The van der Waals surface area contributed by atoms with E-state index in [1.807, 2.05) is 0 Å². The lowest BCUT2D eigenvalue weighted by molar-refractivity contribution is 0.317. The Kier molecular flexibility index (Phi) is 3.16. The average Bonchev–Trinajstić information content (AvgIpc) is 2.15. The number of terminal acetylenes is 1. The standard InChI is InChI=1S/C10H11NO/c1-3-7-12-10-5-6-11-9(4-2)8-10/h2,5-6,8H,3,7H2,1H3. The van der Waals surface area contributed by atoms with E-state index in [-0.39, 0.29) is 0 Å². The van der Waals surface area contributed by atoms with Crippen molar-refractivity contribution in [2.45, 2.75) is 13.3 Å². The molecule has 0 N–H and O–H groups in total. The molecule has 0 saturated heterocycles. The molecule has 0 aliphatic carbocycles. The van der Waals surface area contributed by atoms with E-state index in [4.69, 9.17) is 11.2 Å². The first-order valence-corrected chi connectivity index (χ1v) is 3.92. The van der Waals surface area contributed by atoms with Crippen LogP contribution < -0.4 is 4.74 Å². The lowest BCUT2D eigenvalue weighted by Gasteiger charge is -2.02. The fourth-order valence-corrected chi connectivity index (χ4v) is 0.800. The molecular weight excluding hydrogens is 150 g/mol. The van der Waals surface area contributed by atoms with Crippen molar-refractivity contribution in [3.8, 4) is 18.1 Å². The zero-order valence-electron chi connectivity index (χ0n) is 7.08. The van der Waals surface area contributed by atoms with E-state index in [1.54, 1.807) is 18.3 Å². The SMILES string of the molecule is C#Cc1cc(OCCC)ccn1. The monoisotopic (exact) mass is 161 g/mol. The zero-order chi connectivity index (χ0) is 8.81.